The van der Waals surface area contributed by atoms with E-state index in [2.05, 4.69) is 25.6 Å². The van der Waals surface area contributed by atoms with E-state index in [9.17, 15) is 4.79 Å². The summed E-state index contributed by atoms with van der Waals surface area (Å²) in [4.78, 5) is 24.1. The maximum absolute atomic E-state index is 12.8. The second kappa shape index (κ2) is 7.84. The van der Waals surface area contributed by atoms with Crippen molar-refractivity contribution in [3.63, 3.8) is 0 Å². The molecule has 0 atom stereocenters. The molecule has 0 saturated carbocycles. The number of amides is 1. The van der Waals surface area contributed by atoms with E-state index in [1.54, 1.807) is 11.3 Å². The lowest BCUT2D eigenvalue weighted by Gasteiger charge is -2.34. The Labute approximate surface area is 159 Å². The van der Waals surface area contributed by atoms with E-state index in [1.165, 1.54) is 0 Å². The van der Waals surface area contributed by atoms with Crippen LogP contribution in [0, 0.1) is 19.8 Å². The third kappa shape index (κ3) is 4.68. The van der Waals surface area contributed by atoms with E-state index >= 15 is 0 Å². The fraction of sp³-hybridized carbons (Fsp3) is 0.550. The average molecular weight is 373 g/mol. The number of carbonyl (C=O) groups is 1. The lowest BCUT2D eigenvalue weighted by Crippen LogP contribution is -2.47. The minimum Gasteiger partial charge on any atom is -0.347 e. The fourth-order valence-corrected chi connectivity index (χ4v) is 3.99. The van der Waals surface area contributed by atoms with Gasteiger partial charge < -0.3 is 5.32 Å². The smallest absolute Gasteiger partial charge is 0.223 e. The molecule has 1 aliphatic rings. The number of rotatable bonds is 5. The Hall–Kier alpha value is -1.79. The minimum absolute atomic E-state index is 0.0844. The SMILES string of the molecule is Cc1ccc(C(C)(C)NC(=O)C2CCN(Cc3csc(C)n3)CC2)cn1. The van der Waals surface area contributed by atoms with Crippen LogP contribution in [0.5, 0.6) is 0 Å². The molecular formula is C20H28N4OS. The van der Waals surface area contributed by atoms with Crippen molar-refractivity contribution in [1.82, 2.24) is 20.2 Å². The number of hydrogen-bond acceptors (Lipinski definition) is 5. The zero-order valence-electron chi connectivity index (χ0n) is 16.1. The Balaban J connectivity index is 1.52. The van der Waals surface area contributed by atoms with E-state index in [0.29, 0.717) is 0 Å². The summed E-state index contributed by atoms with van der Waals surface area (Å²) < 4.78 is 0. The second-order valence-electron chi connectivity index (χ2n) is 7.71. The van der Waals surface area contributed by atoms with Crippen LogP contribution in [0.1, 0.15) is 48.6 Å². The van der Waals surface area contributed by atoms with Crippen molar-refractivity contribution in [3.05, 3.63) is 45.7 Å². The van der Waals surface area contributed by atoms with Crippen LogP contribution in [0.2, 0.25) is 0 Å². The highest BCUT2D eigenvalue weighted by Gasteiger charge is 2.30. The van der Waals surface area contributed by atoms with Crippen LogP contribution < -0.4 is 5.32 Å². The van der Waals surface area contributed by atoms with Crippen LogP contribution in [0.25, 0.3) is 0 Å². The molecule has 1 N–H and O–H groups in total. The van der Waals surface area contributed by atoms with Gasteiger partial charge in [-0.1, -0.05) is 6.07 Å². The number of thiazole rings is 1. The Morgan fingerprint density at radius 3 is 2.62 bits per heavy atom. The number of pyridine rings is 1. The van der Waals surface area contributed by atoms with Gasteiger partial charge in [0.2, 0.25) is 5.91 Å². The molecule has 3 heterocycles. The lowest BCUT2D eigenvalue weighted by atomic mass is 9.91. The lowest BCUT2D eigenvalue weighted by molar-refractivity contribution is -0.128. The normalized spacial score (nSPS) is 16.6. The summed E-state index contributed by atoms with van der Waals surface area (Å²) in [5, 5.41) is 6.47. The van der Waals surface area contributed by atoms with Gasteiger partial charge in [-0.25, -0.2) is 4.98 Å². The molecule has 2 aromatic heterocycles. The number of likely N-dealkylation sites (tertiary alicyclic amines) is 1. The van der Waals surface area contributed by atoms with Crippen LogP contribution in [0.3, 0.4) is 0 Å². The van der Waals surface area contributed by atoms with Crippen molar-refractivity contribution in [2.24, 2.45) is 5.92 Å². The number of piperidine rings is 1. The molecule has 0 bridgehead atoms. The highest BCUT2D eigenvalue weighted by atomic mass is 32.1. The molecule has 26 heavy (non-hydrogen) atoms. The van der Waals surface area contributed by atoms with Gasteiger partial charge in [-0.3, -0.25) is 14.7 Å². The van der Waals surface area contributed by atoms with Crippen molar-refractivity contribution in [3.8, 4) is 0 Å². The first-order valence-corrected chi connectivity index (χ1v) is 10.1. The largest absolute Gasteiger partial charge is 0.347 e. The number of aromatic nitrogens is 2. The summed E-state index contributed by atoms with van der Waals surface area (Å²) in [6.07, 6.45) is 3.66. The van der Waals surface area contributed by atoms with Gasteiger partial charge in [0.15, 0.2) is 0 Å². The molecule has 0 aliphatic carbocycles. The number of hydrogen-bond donors (Lipinski definition) is 1. The van der Waals surface area contributed by atoms with Gasteiger partial charge in [0.05, 0.1) is 16.2 Å². The molecule has 0 aromatic carbocycles. The average Bonchev–Trinajstić information content (AvgIpc) is 3.00. The quantitative estimate of drug-likeness (QED) is 0.874. The molecule has 1 aliphatic heterocycles. The molecule has 2 aromatic rings. The van der Waals surface area contributed by atoms with Crippen molar-refractivity contribution in [2.75, 3.05) is 13.1 Å². The molecule has 0 spiro atoms. The summed E-state index contributed by atoms with van der Waals surface area (Å²) in [6.45, 7) is 10.9. The molecule has 1 fully saturated rings. The monoisotopic (exact) mass is 372 g/mol. The summed E-state index contributed by atoms with van der Waals surface area (Å²) in [5.41, 5.74) is 2.75. The number of nitrogens with one attached hydrogen (secondary N) is 1. The van der Waals surface area contributed by atoms with Crippen LogP contribution >= 0.6 is 11.3 Å². The molecule has 6 heteroatoms. The van der Waals surface area contributed by atoms with Gasteiger partial charge in [-0.2, -0.15) is 0 Å². The number of nitrogens with zero attached hydrogens (tertiary/aromatic N) is 3. The molecule has 5 nitrogen and oxygen atoms in total. The summed E-state index contributed by atoms with van der Waals surface area (Å²) in [6, 6.07) is 4.03. The molecular weight excluding hydrogens is 344 g/mol. The van der Waals surface area contributed by atoms with Gasteiger partial charge in [-0.05, 0) is 65.3 Å². The number of aryl methyl sites for hydroxylation is 2. The molecule has 140 valence electrons. The standard InChI is InChI=1S/C20H28N4OS/c1-14-5-6-17(11-21-14)20(3,4)23-19(25)16-7-9-24(10-8-16)12-18-13-26-15(2)22-18/h5-6,11,13,16H,7-10,12H2,1-4H3,(H,23,25). The first-order chi connectivity index (χ1) is 12.3. The van der Waals surface area contributed by atoms with Crippen molar-refractivity contribution >= 4 is 17.2 Å². The van der Waals surface area contributed by atoms with Crippen molar-refractivity contribution in [1.29, 1.82) is 0 Å². The van der Waals surface area contributed by atoms with Gasteiger partial charge >= 0.3 is 0 Å². The maximum Gasteiger partial charge on any atom is 0.223 e. The summed E-state index contributed by atoms with van der Waals surface area (Å²) in [5.74, 6) is 0.237. The van der Waals surface area contributed by atoms with Gasteiger partial charge in [-0.15, -0.1) is 11.3 Å². The molecule has 0 unspecified atom stereocenters. The van der Waals surface area contributed by atoms with E-state index in [0.717, 1.165) is 54.4 Å². The van der Waals surface area contributed by atoms with Gasteiger partial charge in [0.25, 0.3) is 0 Å². The third-order valence-electron chi connectivity index (χ3n) is 5.08. The van der Waals surface area contributed by atoms with Crippen LogP contribution in [0.4, 0.5) is 0 Å². The topological polar surface area (TPSA) is 58.1 Å². The molecule has 1 amide bonds. The van der Waals surface area contributed by atoms with Crippen molar-refractivity contribution in [2.45, 2.75) is 52.6 Å². The fourth-order valence-electron chi connectivity index (χ4n) is 3.38. The number of carbonyl (C=O) groups excluding carboxylic acids is 1. The Bertz CT molecular complexity index is 745. The molecule has 0 radical (unpaired) electrons. The summed E-state index contributed by atoms with van der Waals surface area (Å²) >= 11 is 1.70. The highest BCUT2D eigenvalue weighted by molar-refractivity contribution is 7.09. The van der Waals surface area contributed by atoms with E-state index in [4.69, 9.17) is 0 Å². The zero-order chi connectivity index (χ0) is 18.7. The van der Waals surface area contributed by atoms with Crippen molar-refractivity contribution < 1.29 is 4.79 Å². The predicted octanol–water partition coefficient (Wildman–Crippen LogP) is 3.42. The Morgan fingerprint density at radius 1 is 1.31 bits per heavy atom. The zero-order valence-corrected chi connectivity index (χ0v) is 16.9. The predicted molar refractivity (Wildman–Crippen MR) is 105 cm³/mol. The Kier molecular flexibility index (Phi) is 5.73. The molecule has 3 rings (SSSR count). The van der Waals surface area contributed by atoms with E-state index < -0.39 is 5.54 Å². The summed E-state index contributed by atoms with van der Waals surface area (Å²) in [7, 11) is 0. The first-order valence-electron chi connectivity index (χ1n) is 9.22. The van der Waals surface area contributed by atoms with E-state index in [-0.39, 0.29) is 11.8 Å². The van der Waals surface area contributed by atoms with E-state index in [1.807, 2.05) is 46.0 Å². The Morgan fingerprint density at radius 2 is 2.04 bits per heavy atom. The minimum atomic E-state index is -0.410. The second-order valence-corrected chi connectivity index (χ2v) is 8.77. The van der Waals surface area contributed by atoms with Crippen LogP contribution in [-0.4, -0.2) is 33.9 Å². The van der Waals surface area contributed by atoms with Crippen LogP contribution in [-0.2, 0) is 16.9 Å². The van der Waals surface area contributed by atoms with Gasteiger partial charge in [0.1, 0.15) is 0 Å². The first kappa shape index (κ1) is 19.0. The molecule has 1 saturated heterocycles. The third-order valence-corrected chi connectivity index (χ3v) is 5.90. The van der Waals surface area contributed by atoms with Gasteiger partial charge in [0, 0.05) is 29.7 Å². The highest BCUT2D eigenvalue weighted by Crippen LogP contribution is 2.24. The maximum atomic E-state index is 12.8. The van der Waals surface area contributed by atoms with Crippen LogP contribution in [0.15, 0.2) is 23.7 Å².